The maximum Gasteiger partial charge on any atom is 0.0962 e. The molecule has 0 atom stereocenters. The minimum absolute atomic E-state index is 0.733. The van der Waals surface area contributed by atoms with Crippen LogP contribution in [-0.2, 0) is 13.0 Å². The van der Waals surface area contributed by atoms with Crippen molar-refractivity contribution in [2.45, 2.75) is 71.8 Å². The summed E-state index contributed by atoms with van der Waals surface area (Å²) in [5, 5.41) is 4.71. The average Bonchev–Trinajstić information content (AvgIpc) is 2.83. The number of nitrogens with one attached hydrogen (secondary N) is 1. The van der Waals surface area contributed by atoms with E-state index < -0.39 is 0 Å². The molecule has 3 heteroatoms. The van der Waals surface area contributed by atoms with Crippen LogP contribution in [0, 0.1) is 11.8 Å². The van der Waals surface area contributed by atoms with E-state index in [1.165, 1.54) is 47.7 Å². The second-order valence-corrected chi connectivity index (χ2v) is 7.67. The zero-order valence-corrected chi connectivity index (χ0v) is 14.4. The molecule has 1 aliphatic rings. The van der Waals surface area contributed by atoms with Gasteiger partial charge in [-0.05, 0) is 51.0 Å². The van der Waals surface area contributed by atoms with Crippen molar-refractivity contribution in [1.29, 1.82) is 0 Å². The first-order valence-corrected chi connectivity index (χ1v) is 9.10. The molecule has 2 nitrogen and oxygen atoms in total. The van der Waals surface area contributed by atoms with Gasteiger partial charge in [0.05, 0.1) is 10.7 Å². The molecule has 114 valence electrons. The lowest BCUT2D eigenvalue weighted by molar-refractivity contribution is 0.258. The van der Waals surface area contributed by atoms with Gasteiger partial charge in [0.1, 0.15) is 0 Å². The molecule has 1 aliphatic carbocycles. The fraction of sp³-hybridized carbons (Fsp3) is 0.824. The van der Waals surface area contributed by atoms with Gasteiger partial charge in [0.15, 0.2) is 0 Å². The van der Waals surface area contributed by atoms with Crippen LogP contribution in [-0.4, -0.2) is 12.0 Å². The van der Waals surface area contributed by atoms with Crippen molar-refractivity contribution >= 4 is 11.3 Å². The first kappa shape index (κ1) is 16.0. The molecule has 0 saturated heterocycles. The summed E-state index contributed by atoms with van der Waals surface area (Å²) in [6.07, 6.45) is 7.81. The van der Waals surface area contributed by atoms with Crippen molar-refractivity contribution in [1.82, 2.24) is 10.3 Å². The average molecular weight is 295 g/mol. The largest absolute Gasteiger partial charge is 0.315 e. The Kier molecular flexibility index (Phi) is 6.03. The molecule has 1 aromatic rings. The summed E-state index contributed by atoms with van der Waals surface area (Å²) in [5.41, 5.74) is 1.35. The third kappa shape index (κ3) is 3.82. The number of nitrogens with zero attached hydrogens (tertiary/aromatic N) is 1. The van der Waals surface area contributed by atoms with E-state index >= 15 is 0 Å². The van der Waals surface area contributed by atoms with Crippen molar-refractivity contribution in [3.63, 3.8) is 0 Å². The lowest BCUT2D eigenvalue weighted by Gasteiger charge is -2.29. The van der Waals surface area contributed by atoms with Crippen molar-refractivity contribution < 1.29 is 0 Å². The Labute approximate surface area is 128 Å². The maximum atomic E-state index is 4.99. The Morgan fingerprint density at radius 1 is 1.25 bits per heavy atom. The quantitative estimate of drug-likeness (QED) is 0.819. The molecule has 1 N–H and O–H groups in total. The first-order chi connectivity index (χ1) is 9.65. The van der Waals surface area contributed by atoms with E-state index in [0.717, 1.165) is 30.7 Å². The molecule has 2 rings (SSSR count). The van der Waals surface area contributed by atoms with Gasteiger partial charge in [0.2, 0.25) is 0 Å². The molecule has 0 aromatic carbocycles. The Morgan fingerprint density at radius 3 is 2.50 bits per heavy atom. The Morgan fingerprint density at radius 2 is 1.95 bits per heavy atom. The SMILES string of the molecule is CCCc1nc(C2CCC(C(C)C)CC2)sc1CNC. The molecule has 0 unspecified atom stereocenters. The highest BCUT2D eigenvalue weighted by Crippen LogP contribution is 2.40. The highest BCUT2D eigenvalue weighted by Gasteiger charge is 2.26. The van der Waals surface area contributed by atoms with Gasteiger partial charge >= 0.3 is 0 Å². The lowest BCUT2D eigenvalue weighted by Crippen LogP contribution is -2.17. The normalized spacial score (nSPS) is 23.4. The van der Waals surface area contributed by atoms with Crippen LogP contribution in [0.15, 0.2) is 0 Å². The third-order valence-electron chi connectivity index (χ3n) is 4.68. The second-order valence-electron chi connectivity index (χ2n) is 6.56. The lowest BCUT2D eigenvalue weighted by atomic mass is 9.77. The predicted molar refractivity (Wildman–Crippen MR) is 88.4 cm³/mol. The van der Waals surface area contributed by atoms with Crippen molar-refractivity contribution in [2.75, 3.05) is 7.05 Å². The zero-order valence-electron chi connectivity index (χ0n) is 13.5. The van der Waals surface area contributed by atoms with Gasteiger partial charge in [-0.1, -0.05) is 27.2 Å². The smallest absolute Gasteiger partial charge is 0.0962 e. The minimum atomic E-state index is 0.733. The van der Waals surface area contributed by atoms with Crippen LogP contribution in [0.3, 0.4) is 0 Å². The molecule has 0 aliphatic heterocycles. The van der Waals surface area contributed by atoms with E-state index in [0.29, 0.717) is 0 Å². The number of hydrogen-bond donors (Lipinski definition) is 1. The summed E-state index contributed by atoms with van der Waals surface area (Å²) in [4.78, 5) is 6.46. The molecular weight excluding hydrogens is 264 g/mol. The molecule has 1 heterocycles. The number of thiazole rings is 1. The highest BCUT2D eigenvalue weighted by atomic mass is 32.1. The summed E-state index contributed by atoms with van der Waals surface area (Å²) in [6, 6.07) is 0. The Bertz CT molecular complexity index is 380. The minimum Gasteiger partial charge on any atom is -0.315 e. The molecule has 0 spiro atoms. The molecule has 1 aromatic heterocycles. The molecule has 1 fully saturated rings. The summed E-state index contributed by atoms with van der Waals surface area (Å²) < 4.78 is 0. The monoisotopic (exact) mass is 294 g/mol. The Balaban J connectivity index is 2.04. The van der Waals surface area contributed by atoms with E-state index in [2.05, 4.69) is 26.1 Å². The van der Waals surface area contributed by atoms with Gasteiger partial charge in [-0.25, -0.2) is 4.98 Å². The predicted octanol–water partition coefficient (Wildman–Crippen LogP) is 4.74. The van der Waals surface area contributed by atoms with E-state index in [1.807, 2.05) is 18.4 Å². The highest BCUT2D eigenvalue weighted by molar-refractivity contribution is 7.11. The van der Waals surface area contributed by atoms with Crippen LogP contribution in [0.1, 0.15) is 74.4 Å². The summed E-state index contributed by atoms with van der Waals surface area (Å²) >= 11 is 1.97. The number of hydrogen-bond acceptors (Lipinski definition) is 3. The first-order valence-electron chi connectivity index (χ1n) is 8.28. The van der Waals surface area contributed by atoms with Crippen LogP contribution in [0.2, 0.25) is 0 Å². The summed E-state index contributed by atoms with van der Waals surface area (Å²) in [5.74, 6) is 2.53. The van der Waals surface area contributed by atoms with Gasteiger partial charge in [-0.15, -0.1) is 11.3 Å². The number of rotatable bonds is 6. The fourth-order valence-electron chi connectivity index (χ4n) is 3.34. The van der Waals surface area contributed by atoms with Gasteiger partial charge in [-0.3, -0.25) is 0 Å². The Hall–Kier alpha value is -0.410. The van der Waals surface area contributed by atoms with E-state index in [9.17, 15) is 0 Å². The van der Waals surface area contributed by atoms with Crippen LogP contribution in [0.5, 0.6) is 0 Å². The van der Waals surface area contributed by atoms with Gasteiger partial charge in [0, 0.05) is 17.3 Å². The molecule has 20 heavy (non-hydrogen) atoms. The van der Waals surface area contributed by atoms with Crippen LogP contribution in [0.25, 0.3) is 0 Å². The second kappa shape index (κ2) is 7.56. The zero-order chi connectivity index (χ0) is 14.5. The summed E-state index contributed by atoms with van der Waals surface area (Å²) in [6.45, 7) is 7.97. The third-order valence-corrected chi connectivity index (χ3v) is 5.94. The van der Waals surface area contributed by atoms with E-state index in [-0.39, 0.29) is 0 Å². The molecule has 0 radical (unpaired) electrons. The van der Waals surface area contributed by atoms with Gasteiger partial charge in [-0.2, -0.15) is 0 Å². The van der Waals surface area contributed by atoms with E-state index in [1.54, 1.807) is 0 Å². The van der Waals surface area contributed by atoms with Crippen LogP contribution in [0.4, 0.5) is 0 Å². The number of aromatic nitrogens is 1. The van der Waals surface area contributed by atoms with Crippen LogP contribution < -0.4 is 5.32 Å². The standard InChI is InChI=1S/C17H30N2S/c1-5-6-15-16(11-18-4)20-17(19-15)14-9-7-13(8-10-14)12(2)3/h12-14,18H,5-11H2,1-4H3. The van der Waals surface area contributed by atoms with Crippen molar-refractivity contribution in [2.24, 2.45) is 11.8 Å². The van der Waals surface area contributed by atoms with E-state index in [4.69, 9.17) is 4.98 Å². The molecule has 0 bridgehead atoms. The number of aryl methyl sites for hydroxylation is 1. The van der Waals surface area contributed by atoms with Crippen molar-refractivity contribution in [3.8, 4) is 0 Å². The summed E-state index contributed by atoms with van der Waals surface area (Å²) in [7, 11) is 2.03. The fourth-order valence-corrected chi connectivity index (χ4v) is 4.63. The molecular formula is C17H30N2S. The molecule has 1 saturated carbocycles. The maximum absolute atomic E-state index is 4.99. The van der Waals surface area contributed by atoms with Gasteiger partial charge in [0.25, 0.3) is 0 Å². The molecule has 0 amide bonds. The van der Waals surface area contributed by atoms with Gasteiger partial charge < -0.3 is 5.32 Å². The van der Waals surface area contributed by atoms with Crippen LogP contribution >= 0.6 is 11.3 Å². The topological polar surface area (TPSA) is 24.9 Å². The van der Waals surface area contributed by atoms with Crippen molar-refractivity contribution in [3.05, 3.63) is 15.6 Å².